The van der Waals surface area contributed by atoms with Crippen LogP contribution in [0.1, 0.15) is 12.7 Å². The summed E-state index contributed by atoms with van der Waals surface area (Å²) >= 11 is 0. The van der Waals surface area contributed by atoms with E-state index < -0.39 is 20.9 Å². The minimum Gasteiger partial charge on any atom is -0.507 e. The second-order valence-corrected chi connectivity index (χ2v) is 8.62. The summed E-state index contributed by atoms with van der Waals surface area (Å²) < 4.78 is 28.5. The number of furan rings is 1. The van der Waals surface area contributed by atoms with Gasteiger partial charge in [-0.2, -0.15) is 10.1 Å². The molecule has 0 fully saturated rings. The molecule has 0 bridgehead atoms. The highest BCUT2D eigenvalue weighted by Gasteiger charge is 2.29. The lowest BCUT2D eigenvalue weighted by Crippen LogP contribution is -2.21. The fourth-order valence-corrected chi connectivity index (χ4v) is 3.70. The molecule has 2 heterocycles. The summed E-state index contributed by atoms with van der Waals surface area (Å²) in [5.74, 6) is -0.219. The first-order valence-electron chi connectivity index (χ1n) is 9.37. The molecule has 33 heavy (non-hydrogen) atoms. The number of nitrogens with two attached hydrogens (primary N) is 1. The first-order valence-corrected chi connectivity index (χ1v) is 10.9. The van der Waals surface area contributed by atoms with Crippen LogP contribution in [-0.4, -0.2) is 30.1 Å². The van der Waals surface area contributed by atoms with E-state index in [4.69, 9.17) is 9.56 Å². The van der Waals surface area contributed by atoms with Crippen LogP contribution in [-0.2, 0) is 14.8 Å². The lowest BCUT2D eigenvalue weighted by Gasteiger charge is -2.11. The van der Waals surface area contributed by atoms with Gasteiger partial charge in [-0.15, -0.1) is 0 Å². The molecule has 3 N–H and O–H groups in total. The van der Waals surface area contributed by atoms with Gasteiger partial charge in [0.05, 0.1) is 32.4 Å². The molecule has 2 aromatic carbocycles. The fourth-order valence-electron chi connectivity index (χ4n) is 3.19. The van der Waals surface area contributed by atoms with E-state index in [2.05, 4.69) is 5.10 Å². The third-order valence-electron chi connectivity index (χ3n) is 4.84. The van der Waals surface area contributed by atoms with Gasteiger partial charge < -0.3 is 9.52 Å². The lowest BCUT2D eigenvalue weighted by molar-refractivity contribution is -0.384. The first kappa shape index (κ1) is 21.9. The summed E-state index contributed by atoms with van der Waals surface area (Å²) in [6.07, 6.45) is 1.46. The van der Waals surface area contributed by atoms with Crippen molar-refractivity contribution in [2.75, 3.05) is 5.01 Å². The molecule has 0 atom stereocenters. The van der Waals surface area contributed by atoms with E-state index in [1.54, 1.807) is 13.0 Å². The van der Waals surface area contributed by atoms with Crippen LogP contribution in [0.15, 0.2) is 74.6 Å². The number of hydrazone groups is 1. The highest BCUT2D eigenvalue weighted by atomic mass is 32.2. The molecule has 0 radical (unpaired) electrons. The summed E-state index contributed by atoms with van der Waals surface area (Å²) in [7, 11) is -3.87. The SMILES string of the molecule is CC1=NN(c2ccc(S(N)(=O)=O)cc2)C(=O)/C1=C\c1ccc(-c2cc([N+](=O)[O-])ccc2O)o1. The molecule has 0 saturated carbocycles. The molecule has 1 aliphatic rings. The molecule has 3 aromatic rings. The van der Waals surface area contributed by atoms with Crippen molar-refractivity contribution in [2.45, 2.75) is 11.8 Å². The zero-order valence-electron chi connectivity index (χ0n) is 17.0. The summed E-state index contributed by atoms with van der Waals surface area (Å²) in [5.41, 5.74) is 0.892. The highest BCUT2D eigenvalue weighted by Crippen LogP contribution is 2.34. The number of non-ortho nitro benzene ring substituents is 1. The lowest BCUT2D eigenvalue weighted by atomic mass is 10.1. The van der Waals surface area contributed by atoms with E-state index in [0.717, 1.165) is 5.01 Å². The van der Waals surface area contributed by atoms with Gasteiger partial charge in [-0.3, -0.25) is 14.9 Å². The number of benzene rings is 2. The average Bonchev–Trinajstić information content (AvgIpc) is 3.33. The molecule has 12 heteroatoms. The molecule has 0 unspecified atom stereocenters. The normalized spacial score (nSPS) is 15.2. The van der Waals surface area contributed by atoms with Gasteiger partial charge >= 0.3 is 0 Å². The van der Waals surface area contributed by atoms with Gasteiger partial charge in [-0.1, -0.05) is 0 Å². The Morgan fingerprint density at radius 1 is 1.15 bits per heavy atom. The van der Waals surface area contributed by atoms with Crippen LogP contribution < -0.4 is 10.1 Å². The third-order valence-corrected chi connectivity index (χ3v) is 5.77. The maximum atomic E-state index is 12.9. The number of phenols is 1. The summed E-state index contributed by atoms with van der Waals surface area (Å²) in [4.78, 5) is 23.2. The number of nitrogens with zero attached hydrogens (tertiary/aromatic N) is 3. The Morgan fingerprint density at radius 3 is 2.48 bits per heavy atom. The molecular weight excluding hydrogens is 452 g/mol. The molecule has 1 aromatic heterocycles. The number of hydrogen-bond acceptors (Lipinski definition) is 8. The standard InChI is InChI=1S/C21H16N4O7S/c1-12-17(21(27)24(23-12)13-2-6-16(7-3-13)33(22,30)31)11-15-5-9-20(32-15)18-10-14(25(28)29)4-8-19(18)26/h2-11,26H,1H3,(H2,22,30,31)/b17-11-. The smallest absolute Gasteiger partial charge is 0.280 e. The molecule has 1 amide bonds. The number of rotatable bonds is 5. The Morgan fingerprint density at radius 2 is 1.85 bits per heavy atom. The maximum Gasteiger partial charge on any atom is 0.280 e. The van der Waals surface area contributed by atoms with Crippen molar-refractivity contribution >= 4 is 39.1 Å². The molecule has 11 nitrogen and oxygen atoms in total. The van der Waals surface area contributed by atoms with Crippen LogP contribution in [0.5, 0.6) is 5.75 Å². The number of aromatic hydroxyl groups is 1. The molecule has 168 valence electrons. The number of nitro benzene ring substituents is 1. The fraction of sp³-hybridized carbons (Fsp3) is 0.0476. The van der Waals surface area contributed by atoms with Crippen molar-refractivity contribution in [3.63, 3.8) is 0 Å². The maximum absolute atomic E-state index is 12.9. The van der Waals surface area contributed by atoms with Crippen molar-refractivity contribution in [1.82, 2.24) is 0 Å². The van der Waals surface area contributed by atoms with Gasteiger partial charge in [0, 0.05) is 12.1 Å². The quantitative estimate of drug-likeness (QED) is 0.329. The number of nitro groups is 1. The van der Waals surface area contributed by atoms with E-state index in [0.29, 0.717) is 11.4 Å². The van der Waals surface area contributed by atoms with E-state index in [1.807, 2.05) is 0 Å². The third kappa shape index (κ3) is 4.24. The van der Waals surface area contributed by atoms with Crippen LogP contribution in [0.25, 0.3) is 17.4 Å². The van der Waals surface area contributed by atoms with E-state index in [1.165, 1.54) is 54.6 Å². The zero-order chi connectivity index (χ0) is 23.9. The Bertz CT molecular complexity index is 1450. The minimum absolute atomic E-state index is 0.0955. The molecule has 0 spiro atoms. The molecular formula is C21H16N4O7S. The van der Waals surface area contributed by atoms with Gasteiger partial charge in [0.25, 0.3) is 11.6 Å². The Hall–Kier alpha value is -4.29. The summed E-state index contributed by atoms with van der Waals surface area (Å²) in [5, 5.41) is 31.5. The van der Waals surface area contributed by atoms with Gasteiger partial charge in [0.2, 0.25) is 10.0 Å². The highest BCUT2D eigenvalue weighted by molar-refractivity contribution is 7.89. The number of anilines is 1. The first-order chi connectivity index (χ1) is 15.5. The topological polar surface area (TPSA) is 169 Å². The predicted molar refractivity (Wildman–Crippen MR) is 119 cm³/mol. The Kier molecular flexibility index (Phi) is 5.31. The Balaban J connectivity index is 1.62. The average molecular weight is 468 g/mol. The number of carbonyl (C=O) groups is 1. The van der Waals surface area contributed by atoms with Crippen molar-refractivity contribution < 1.29 is 27.7 Å². The number of sulfonamides is 1. The molecule has 0 saturated heterocycles. The number of hydrogen-bond donors (Lipinski definition) is 2. The number of phenolic OH excluding ortho intramolecular Hbond substituents is 1. The Labute approximate surface area is 187 Å². The van der Waals surface area contributed by atoms with Crippen molar-refractivity contribution in [1.29, 1.82) is 0 Å². The predicted octanol–water partition coefficient (Wildman–Crippen LogP) is 3.01. The molecule has 1 aliphatic heterocycles. The molecule has 4 rings (SSSR count). The zero-order valence-corrected chi connectivity index (χ0v) is 17.8. The van der Waals surface area contributed by atoms with Gasteiger partial charge in [-0.05, 0) is 55.5 Å². The second kappa shape index (κ2) is 8.00. The van der Waals surface area contributed by atoms with Gasteiger partial charge in [0.1, 0.15) is 17.3 Å². The van der Waals surface area contributed by atoms with Crippen LogP contribution in [0.3, 0.4) is 0 Å². The number of primary sulfonamides is 1. The van der Waals surface area contributed by atoms with Crippen molar-refractivity contribution in [2.24, 2.45) is 10.2 Å². The van der Waals surface area contributed by atoms with Crippen molar-refractivity contribution in [3.05, 3.63) is 76.0 Å². The van der Waals surface area contributed by atoms with E-state index >= 15 is 0 Å². The van der Waals surface area contributed by atoms with E-state index in [9.17, 15) is 28.4 Å². The van der Waals surface area contributed by atoms with E-state index in [-0.39, 0.29) is 39.0 Å². The second-order valence-electron chi connectivity index (χ2n) is 7.06. The number of carbonyl (C=O) groups excluding carboxylic acids is 1. The van der Waals surface area contributed by atoms with Crippen LogP contribution >= 0.6 is 0 Å². The summed E-state index contributed by atoms with van der Waals surface area (Å²) in [6.45, 7) is 1.62. The van der Waals surface area contributed by atoms with Crippen LogP contribution in [0.4, 0.5) is 11.4 Å². The monoisotopic (exact) mass is 468 g/mol. The largest absolute Gasteiger partial charge is 0.507 e. The van der Waals surface area contributed by atoms with Crippen molar-refractivity contribution in [3.8, 4) is 17.1 Å². The summed E-state index contributed by atoms with van der Waals surface area (Å²) in [6, 6.07) is 12.0. The minimum atomic E-state index is -3.87. The van der Waals surface area contributed by atoms with Crippen LogP contribution in [0.2, 0.25) is 0 Å². The van der Waals surface area contributed by atoms with Gasteiger partial charge in [0.15, 0.2) is 0 Å². The van der Waals surface area contributed by atoms with Gasteiger partial charge in [-0.25, -0.2) is 13.6 Å². The molecule has 0 aliphatic carbocycles. The van der Waals surface area contributed by atoms with Crippen LogP contribution in [0, 0.1) is 10.1 Å². The number of amides is 1.